The number of phenols is 2. The van der Waals surface area contributed by atoms with Crippen molar-refractivity contribution in [1.82, 2.24) is 0 Å². The van der Waals surface area contributed by atoms with Crippen LogP contribution in [-0.2, 0) is 0 Å². The van der Waals surface area contributed by atoms with Gasteiger partial charge in [0.25, 0.3) is 0 Å². The lowest BCUT2D eigenvalue weighted by Crippen LogP contribution is -1.87. The predicted octanol–water partition coefficient (Wildman–Crippen LogP) is 3.90. The molecule has 2 rings (SSSR count). The van der Waals surface area contributed by atoms with Crippen molar-refractivity contribution in [3.8, 4) is 23.6 Å². The second kappa shape index (κ2) is 7.49. The largest absolute Gasteiger partial charge is 0.504 e. The molecule has 0 spiro atoms. The molecular formula is C19H14N2O2. The van der Waals surface area contributed by atoms with E-state index in [0.717, 1.165) is 5.57 Å². The van der Waals surface area contributed by atoms with Crippen LogP contribution in [0.2, 0.25) is 0 Å². The third kappa shape index (κ3) is 4.23. The predicted molar refractivity (Wildman–Crippen MR) is 88.0 cm³/mol. The summed E-state index contributed by atoms with van der Waals surface area (Å²) in [6.45, 7) is 0. The van der Waals surface area contributed by atoms with Crippen LogP contribution in [0.4, 0.5) is 0 Å². The Hall–Kier alpha value is -3.50. The average Bonchev–Trinajstić information content (AvgIpc) is 2.82. The topological polar surface area (TPSA) is 88.0 Å². The van der Waals surface area contributed by atoms with Crippen LogP contribution in [0, 0.1) is 22.7 Å². The summed E-state index contributed by atoms with van der Waals surface area (Å²) in [5, 5.41) is 37.5. The first-order chi connectivity index (χ1) is 11.1. The first-order valence-corrected chi connectivity index (χ1v) is 6.92. The van der Waals surface area contributed by atoms with Crippen LogP contribution in [0.5, 0.6) is 11.5 Å². The van der Waals surface area contributed by atoms with E-state index in [2.05, 4.69) is 0 Å². The molecule has 0 aliphatic heterocycles. The molecule has 0 saturated heterocycles. The van der Waals surface area contributed by atoms with E-state index in [4.69, 9.17) is 0 Å². The molecule has 0 radical (unpaired) electrons. The van der Waals surface area contributed by atoms with Crippen molar-refractivity contribution in [2.75, 3.05) is 0 Å². The smallest absolute Gasteiger partial charge is 0.157 e. The summed E-state index contributed by atoms with van der Waals surface area (Å²) >= 11 is 0. The number of aromatic hydroxyl groups is 2. The molecular weight excluding hydrogens is 288 g/mol. The van der Waals surface area contributed by atoms with Gasteiger partial charge >= 0.3 is 0 Å². The zero-order valence-corrected chi connectivity index (χ0v) is 12.3. The van der Waals surface area contributed by atoms with Crippen LogP contribution in [-0.4, -0.2) is 10.2 Å². The molecule has 23 heavy (non-hydrogen) atoms. The summed E-state index contributed by atoms with van der Waals surface area (Å²) in [4.78, 5) is 0. The lowest BCUT2D eigenvalue weighted by atomic mass is 10.0. The van der Waals surface area contributed by atoms with Crippen molar-refractivity contribution in [2.24, 2.45) is 0 Å². The van der Waals surface area contributed by atoms with Gasteiger partial charge in [-0.15, -0.1) is 0 Å². The number of benzene rings is 1. The van der Waals surface area contributed by atoms with E-state index in [1.807, 2.05) is 42.5 Å². The van der Waals surface area contributed by atoms with Crippen LogP contribution in [0.1, 0.15) is 12.0 Å². The highest BCUT2D eigenvalue weighted by molar-refractivity contribution is 5.69. The standard InChI is InChI=1S/C19H14N2O2/c20-12-16(9-14-5-3-1-2-4-6-14)17(13-21)10-15-7-8-18(22)19(23)11-15/h1-5,7-11,22-23H,6H2/b16-9+,17-10+. The summed E-state index contributed by atoms with van der Waals surface area (Å²) in [6, 6.07) is 8.25. The van der Waals surface area contributed by atoms with E-state index < -0.39 is 0 Å². The SMILES string of the molecule is N#CC(=C\C1=CC=CC=CC1)/C(C#N)=C/c1ccc(O)c(O)c1. The maximum absolute atomic E-state index is 9.51. The summed E-state index contributed by atoms with van der Waals surface area (Å²) in [5.41, 5.74) is 1.87. The maximum Gasteiger partial charge on any atom is 0.157 e. The van der Waals surface area contributed by atoms with Gasteiger partial charge in [0.15, 0.2) is 11.5 Å². The molecule has 4 heteroatoms. The molecule has 0 amide bonds. The van der Waals surface area contributed by atoms with Crippen LogP contribution >= 0.6 is 0 Å². The zero-order valence-electron chi connectivity index (χ0n) is 12.3. The molecule has 0 bridgehead atoms. The van der Waals surface area contributed by atoms with Crippen molar-refractivity contribution >= 4 is 6.08 Å². The van der Waals surface area contributed by atoms with Crippen molar-refractivity contribution in [3.05, 3.63) is 76.9 Å². The molecule has 1 aromatic carbocycles. The first-order valence-electron chi connectivity index (χ1n) is 6.92. The number of phenolic OH excluding ortho intramolecular Hbond substituents is 2. The van der Waals surface area contributed by atoms with E-state index in [9.17, 15) is 20.7 Å². The van der Waals surface area contributed by atoms with Crippen LogP contribution in [0.15, 0.2) is 71.4 Å². The van der Waals surface area contributed by atoms with Crippen LogP contribution < -0.4 is 0 Å². The molecule has 0 unspecified atom stereocenters. The lowest BCUT2D eigenvalue weighted by Gasteiger charge is -2.02. The van der Waals surface area contributed by atoms with E-state index in [0.29, 0.717) is 12.0 Å². The highest BCUT2D eigenvalue weighted by atomic mass is 16.3. The third-order valence-corrected chi connectivity index (χ3v) is 3.19. The van der Waals surface area contributed by atoms with Gasteiger partial charge in [-0.25, -0.2) is 0 Å². The Morgan fingerprint density at radius 1 is 0.957 bits per heavy atom. The van der Waals surface area contributed by atoms with Gasteiger partial charge in [-0.2, -0.15) is 10.5 Å². The van der Waals surface area contributed by atoms with Gasteiger partial charge in [-0.3, -0.25) is 0 Å². The Balaban J connectivity index is 2.39. The summed E-state index contributed by atoms with van der Waals surface area (Å²) in [6.07, 6.45) is 13.4. The lowest BCUT2D eigenvalue weighted by molar-refractivity contribution is 0.403. The summed E-state index contributed by atoms with van der Waals surface area (Å²) in [7, 11) is 0. The molecule has 4 nitrogen and oxygen atoms in total. The molecule has 2 N–H and O–H groups in total. The fraction of sp³-hybridized carbons (Fsp3) is 0.0526. The molecule has 112 valence electrons. The number of nitrogens with zero attached hydrogens (tertiary/aromatic N) is 2. The number of allylic oxidation sites excluding steroid dienone is 9. The van der Waals surface area contributed by atoms with Crippen LogP contribution in [0.25, 0.3) is 6.08 Å². The van der Waals surface area contributed by atoms with Gasteiger partial charge in [0.2, 0.25) is 0 Å². The minimum Gasteiger partial charge on any atom is -0.504 e. The fourth-order valence-electron chi connectivity index (χ4n) is 2.02. The molecule has 0 fully saturated rings. The molecule has 0 saturated carbocycles. The minimum absolute atomic E-state index is 0.190. The average molecular weight is 302 g/mol. The first kappa shape index (κ1) is 15.9. The molecule has 0 atom stereocenters. The van der Waals surface area contributed by atoms with Gasteiger partial charge in [-0.1, -0.05) is 36.4 Å². The number of nitriles is 2. The summed E-state index contributed by atoms with van der Waals surface area (Å²) < 4.78 is 0. The maximum atomic E-state index is 9.51. The Morgan fingerprint density at radius 2 is 1.70 bits per heavy atom. The Kier molecular flexibility index (Phi) is 5.17. The highest BCUT2D eigenvalue weighted by Crippen LogP contribution is 2.27. The van der Waals surface area contributed by atoms with Gasteiger partial charge in [0.05, 0.1) is 11.1 Å². The molecule has 1 aliphatic carbocycles. The van der Waals surface area contributed by atoms with Crippen molar-refractivity contribution in [1.29, 1.82) is 10.5 Å². The van der Waals surface area contributed by atoms with Crippen LogP contribution in [0.3, 0.4) is 0 Å². The second-order valence-corrected chi connectivity index (χ2v) is 4.85. The Morgan fingerprint density at radius 3 is 2.39 bits per heavy atom. The van der Waals surface area contributed by atoms with E-state index >= 15 is 0 Å². The summed E-state index contributed by atoms with van der Waals surface area (Å²) in [5.74, 6) is -0.515. The van der Waals surface area contributed by atoms with E-state index in [-0.39, 0.29) is 22.6 Å². The van der Waals surface area contributed by atoms with Crippen molar-refractivity contribution in [3.63, 3.8) is 0 Å². The molecule has 1 aromatic rings. The quantitative estimate of drug-likeness (QED) is 0.503. The Bertz CT molecular complexity index is 841. The van der Waals surface area contributed by atoms with Crippen molar-refractivity contribution in [2.45, 2.75) is 6.42 Å². The highest BCUT2D eigenvalue weighted by Gasteiger charge is 2.07. The van der Waals surface area contributed by atoms with Gasteiger partial charge in [-0.05, 0) is 41.8 Å². The van der Waals surface area contributed by atoms with Gasteiger partial charge in [0, 0.05) is 0 Å². The van der Waals surface area contributed by atoms with E-state index in [1.54, 1.807) is 12.1 Å². The zero-order chi connectivity index (χ0) is 16.7. The van der Waals surface area contributed by atoms with E-state index in [1.165, 1.54) is 18.2 Å². The molecule has 1 aliphatic rings. The van der Waals surface area contributed by atoms with Gasteiger partial charge < -0.3 is 10.2 Å². The monoisotopic (exact) mass is 302 g/mol. The second-order valence-electron chi connectivity index (χ2n) is 4.85. The Labute approximate surface area is 134 Å². The normalized spacial score (nSPS) is 14.6. The third-order valence-electron chi connectivity index (χ3n) is 3.19. The number of hydrogen-bond acceptors (Lipinski definition) is 4. The van der Waals surface area contributed by atoms with Gasteiger partial charge in [0.1, 0.15) is 12.1 Å². The minimum atomic E-state index is -0.278. The number of hydrogen-bond donors (Lipinski definition) is 2. The molecule has 0 aromatic heterocycles. The number of rotatable bonds is 3. The fourth-order valence-corrected chi connectivity index (χ4v) is 2.02. The molecule has 0 heterocycles. The van der Waals surface area contributed by atoms with Crippen molar-refractivity contribution < 1.29 is 10.2 Å².